The van der Waals surface area contributed by atoms with Crippen LogP contribution in [-0.4, -0.2) is 10.9 Å². The average Bonchev–Trinajstić information content (AvgIpc) is 2.34. The zero-order valence-corrected chi connectivity index (χ0v) is 10.4. The van der Waals surface area contributed by atoms with E-state index in [-0.39, 0.29) is 5.12 Å². The highest BCUT2D eigenvalue weighted by Crippen LogP contribution is 2.17. The van der Waals surface area contributed by atoms with Crippen molar-refractivity contribution in [2.24, 2.45) is 0 Å². The molecule has 0 heterocycles. The molecule has 0 atom stereocenters. The SMILES string of the molecule is CC(=O)SCC#Cc1cccc2ccccc12. The summed E-state index contributed by atoms with van der Waals surface area (Å²) in [5.74, 6) is 6.69. The van der Waals surface area contributed by atoms with Gasteiger partial charge in [-0.1, -0.05) is 60.0 Å². The largest absolute Gasteiger partial charge is 0.288 e. The van der Waals surface area contributed by atoms with Gasteiger partial charge in [0.25, 0.3) is 0 Å². The quantitative estimate of drug-likeness (QED) is 0.710. The number of thioether (sulfide) groups is 1. The number of carbonyl (C=O) groups is 1. The molecule has 0 aliphatic rings. The van der Waals surface area contributed by atoms with E-state index in [0.29, 0.717) is 5.75 Å². The lowest BCUT2D eigenvalue weighted by molar-refractivity contribution is -0.109. The van der Waals surface area contributed by atoms with E-state index in [2.05, 4.69) is 30.0 Å². The van der Waals surface area contributed by atoms with Crippen LogP contribution in [0.4, 0.5) is 0 Å². The summed E-state index contributed by atoms with van der Waals surface area (Å²) in [6, 6.07) is 14.3. The van der Waals surface area contributed by atoms with Gasteiger partial charge in [0.2, 0.25) is 0 Å². The van der Waals surface area contributed by atoms with Crippen molar-refractivity contribution in [2.75, 3.05) is 5.75 Å². The molecule has 2 heteroatoms. The highest BCUT2D eigenvalue weighted by molar-refractivity contribution is 8.13. The summed E-state index contributed by atoms with van der Waals surface area (Å²) in [5, 5.41) is 2.46. The Labute approximate surface area is 105 Å². The summed E-state index contributed by atoms with van der Waals surface area (Å²) in [6.07, 6.45) is 0. The minimum atomic E-state index is 0.109. The Balaban J connectivity index is 2.26. The topological polar surface area (TPSA) is 17.1 Å². The Morgan fingerprint density at radius 1 is 1.18 bits per heavy atom. The van der Waals surface area contributed by atoms with Crippen molar-refractivity contribution < 1.29 is 4.79 Å². The first-order valence-corrected chi connectivity index (χ1v) is 6.36. The first-order valence-electron chi connectivity index (χ1n) is 5.37. The molecule has 0 aromatic heterocycles. The Hall–Kier alpha value is -1.72. The number of rotatable bonds is 1. The van der Waals surface area contributed by atoms with Gasteiger partial charge in [0.05, 0.1) is 5.75 Å². The second kappa shape index (κ2) is 5.56. The van der Waals surface area contributed by atoms with Crippen LogP contribution in [0.5, 0.6) is 0 Å². The van der Waals surface area contributed by atoms with E-state index in [9.17, 15) is 4.79 Å². The van der Waals surface area contributed by atoms with Crippen LogP contribution in [0.3, 0.4) is 0 Å². The molecule has 0 fully saturated rings. The molecule has 0 aliphatic carbocycles. The summed E-state index contributed by atoms with van der Waals surface area (Å²) in [6.45, 7) is 1.56. The smallest absolute Gasteiger partial charge is 0.186 e. The maximum atomic E-state index is 10.8. The van der Waals surface area contributed by atoms with Crippen LogP contribution >= 0.6 is 11.8 Å². The van der Waals surface area contributed by atoms with Gasteiger partial charge >= 0.3 is 0 Å². The fraction of sp³-hybridized carbons (Fsp3) is 0.133. The molecule has 0 bridgehead atoms. The van der Waals surface area contributed by atoms with Crippen molar-refractivity contribution in [2.45, 2.75) is 6.92 Å². The summed E-state index contributed by atoms with van der Waals surface area (Å²) >= 11 is 1.24. The lowest BCUT2D eigenvalue weighted by Gasteiger charge is -1.99. The van der Waals surface area contributed by atoms with Crippen LogP contribution in [0.2, 0.25) is 0 Å². The van der Waals surface area contributed by atoms with Gasteiger partial charge in [-0.2, -0.15) is 0 Å². The van der Waals surface area contributed by atoms with E-state index < -0.39 is 0 Å². The lowest BCUT2D eigenvalue weighted by atomic mass is 10.1. The zero-order chi connectivity index (χ0) is 12.1. The van der Waals surface area contributed by atoms with Crippen molar-refractivity contribution in [3.05, 3.63) is 48.0 Å². The highest BCUT2D eigenvalue weighted by atomic mass is 32.2. The van der Waals surface area contributed by atoms with Crippen molar-refractivity contribution >= 4 is 27.6 Å². The van der Waals surface area contributed by atoms with Crippen LogP contribution in [0.25, 0.3) is 10.8 Å². The van der Waals surface area contributed by atoms with Gasteiger partial charge in [-0.15, -0.1) is 0 Å². The molecule has 84 valence electrons. The zero-order valence-electron chi connectivity index (χ0n) is 9.57. The predicted molar refractivity (Wildman–Crippen MR) is 74.0 cm³/mol. The minimum absolute atomic E-state index is 0.109. The molecule has 0 saturated heterocycles. The van der Waals surface area contributed by atoms with Crippen molar-refractivity contribution in [1.82, 2.24) is 0 Å². The summed E-state index contributed by atoms with van der Waals surface area (Å²) < 4.78 is 0. The van der Waals surface area contributed by atoms with Crippen molar-refractivity contribution in [1.29, 1.82) is 0 Å². The Morgan fingerprint density at radius 3 is 2.76 bits per heavy atom. The number of benzene rings is 2. The molecule has 1 nitrogen and oxygen atoms in total. The van der Waals surface area contributed by atoms with E-state index in [1.54, 1.807) is 6.92 Å². The van der Waals surface area contributed by atoms with Gasteiger partial charge in [0.15, 0.2) is 5.12 Å². The van der Waals surface area contributed by atoms with Gasteiger partial charge < -0.3 is 0 Å². The van der Waals surface area contributed by atoms with Gasteiger partial charge in [-0.3, -0.25) is 4.79 Å². The molecule has 2 rings (SSSR count). The van der Waals surface area contributed by atoms with Gasteiger partial charge in [-0.25, -0.2) is 0 Å². The van der Waals surface area contributed by atoms with Crippen LogP contribution in [0.15, 0.2) is 42.5 Å². The monoisotopic (exact) mass is 240 g/mol. The van der Waals surface area contributed by atoms with Crippen LogP contribution in [0.1, 0.15) is 12.5 Å². The predicted octanol–water partition coefficient (Wildman–Crippen LogP) is 3.47. The minimum Gasteiger partial charge on any atom is -0.288 e. The maximum absolute atomic E-state index is 10.8. The Kier molecular flexibility index (Phi) is 3.85. The molecule has 0 unspecified atom stereocenters. The average molecular weight is 240 g/mol. The fourth-order valence-corrected chi connectivity index (χ4v) is 1.95. The summed E-state index contributed by atoms with van der Waals surface area (Å²) in [7, 11) is 0. The second-order valence-electron chi connectivity index (χ2n) is 3.61. The molecular formula is C15H12OS. The molecule has 2 aromatic carbocycles. The number of hydrogen-bond donors (Lipinski definition) is 0. The highest BCUT2D eigenvalue weighted by Gasteiger charge is 1.96. The van der Waals surface area contributed by atoms with Crippen molar-refractivity contribution in [3.63, 3.8) is 0 Å². The molecule has 0 amide bonds. The second-order valence-corrected chi connectivity index (χ2v) is 4.76. The molecule has 0 radical (unpaired) electrons. The van der Waals surface area contributed by atoms with E-state index >= 15 is 0 Å². The molecule has 0 saturated carbocycles. The fourth-order valence-electron chi connectivity index (χ4n) is 1.60. The molecule has 17 heavy (non-hydrogen) atoms. The van der Waals surface area contributed by atoms with Crippen LogP contribution in [-0.2, 0) is 4.79 Å². The lowest BCUT2D eigenvalue weighted by Crippen LogP contribution is -1.83. The molecule has 0 spiro atoms. The van der Waals surface area contributed by atoms with E-state index in [1.807, 2.05) is 24.3 Å². The molecule has 0 N–H and O–H groups in total. The third-order valence-electron chi connectivity index (χ3n) is 2.36. The van der Waals surface area contributed by atoms with Gasteiger partial charge in [0, 0.05) is 12.5 Å². The van der Waals surface area contributed by atoms with Gasteiger partial charge in [-0.05, 0) is 16.8 Å². The molecule has 2 aromatic rings. The van der Waals surface area contributed by atoms with Crippen LogP contribution < -0.4 is 0 Å². The van der Waals surface area contributed by atoms with Crippen LogP contribution in [0, 0.1) is 11.8 Å². The first-order chi connectivity index (χ1) is 8.27. The Morgan fingerprint density at radius 2 is 1.94 bits per heavy atom. The third-order valence-corrected chi connectivity index (χ3v) is 3.06. The summed E-state index contributed by atoms with van der Waals surface area (Å²) in [4.78, 5) is 10.8. The third kappa shape index (κ3) is 3.12. The van der Waals surface area contributed by atoms with E-state index in [0.717, 1.165) is 10.9 Å². The van der Waals surface area contributed by atoms with Gasteiger partial charge in [0.1, 0.15) is 0 Å². The summed E-state index contributed by atoms with van der Waals surface area (Å²) in [5.41, 5.74) is 1.02. The molecular weight excluding hydrogens is 228 g/mol. The molecule has 0 aliphatic heterocycles. The van der Waals surface area contributed by atoms with E-state index in [4.69, 9.17) is 0 Å². The normalized spacial score (nSPS) is 9.71. The number of fused-ring (bicyclic) bond motifs is 1. The Bertz CT molecular complexity index is 600. The van der Waals surface area contributed by atoms with Crippen molar-refractivity contribution in [3.8, 4) is 11.8 Å². The first kappa shape index (κ1) is 11.8. The standard InChI is InChI=1S/C15H12OS/c1-12(16)17-11-5-9-14-8-4-7-13-6-2-3-10-15(13)14/h2-4,6-8,10H,11H2,1H3. The number of carbonyl (C=O) groups excluding carboxylic acids is 1. The van der Waals surface area contributed by atoms with E-state index in [1.165, 1.54) is 17.1 Å². The number of hydrogen-bond acceptors (Lipinski definition) is 2. The maximum Gasteiger partial charge on any atom is 0.186 e.